The quantitative estimate of drug-likeness (QED) is 0.770. The van der Waals surface area contributed by atoms with Crippen LogP contribution in [0.25, 0.3) is 10.1 Å². The molecule has 0 atom stereocenters. The van der Waals surface area contributed by atoms with E-state index in [1.165, 1.54) is 17.7 Å². The molecule has 0 fully saturated rings. The summed E-state index contributed by atoms with van der Waals surface area (Å²) in [6, 6.07) is 5.89. The SMILES string of the molecule is Cc1cccc2c(N)c(C(=O)NCCc3ncno3)sc12. The van der Waals surface area contributed by atoms with Crippen LogP contribution in [0.15, 0.2) is 29.0 Å². The van der Waals surface area contributed by atoms with Gasteiger partial charge in [-0.05, 0) is 12.5 Å². The number of anilines is 1. The van der Waals surface area contributed by atoms with Crippen molar-refractivity contribution in [2.24, 2.45) is 0 Å². The van der Waals surface area contributed by atoms with Gasteiger partial charge in [0, 0.05) is 23.1 Å². The third kappa shape index (κ3) is 2.59. The van der Waals surface area contributed by atoms with Gasteiger partial charge in [0.25, 0.3) is 5.91 Å². The van der Waals surface area contributed by atoms with Crippen molar-refractivity contribution in [2.45, 2.75) is 13.3 Å². The Balaban J connectivity index is 1.75. The number of nitrogens with one attached hydrogen (secondary N) is 1. The number of nitrogen functional groups attached to an aromatic ring is 1. The minimum absolute atomic E-state index is 0.174. The van der Waals surface area contributed by atoms with E-state index in [9.17, 15) is 4.79 Å². The summed E-state index contributed by atoms with van der Waals surface area (Å²) in [6.45, 7) is 2.43. The highest BCUT2D eigenvalue weighted by Gasteiger charge is 2.17. The first-order chi connectivity index (χ1) is 10.2. The molecule has 1 amide bonds. The van der Waals surface area contributed by atoms with Crippen LogP contribution in [-0.2, 0) is 6.42 Å². The zero-order valence-corrected chi connectivity index (χ0v) is 12.2. The van der Waals surface area contributed by atoms with E-state index in [0.717, 1.165) is 15.6 Å². The molecule has 2 heterocycles. The van der Waals surface area contributed by atoms with E-state index in [4.69, 9.17) is 10.3 Å². The van der Waals surface area contributed by atoms with Gasteiger partial charge in [-0.15, -0.1) is 11.3 Å². The molecule has 0 aliphatic carbocycles. The molecule has 3 rings (SSSR count). The third-order valence-corrected chi connectivity index (χ3v) is 4.54. The topological polar surface area (TPSA) is 94.0 Å². The summed E-state index contributed by atoms with van der Waals surface area (Å²) in [6.07, 6.45) is 1.83. The number of carbonyl (C=O) groups excluding carboxylic acids is 1. The van der Waals surface area contributed by atoms with Crippen LogP contribution in [0.2, 0.25) is 0 Å². The Kier molecular flexibility index (Phi) is 3.57. The molecule has 0 saturated carbocycles. The number of rotatable bonds is 4. The fraction of sp³-hybridized carbons (Fsp3) is 0.214. The molecule has 0 aliphatic rings. The van der Waals surface area contributed by atoms with Gasteiger partial charge in [-0.25, -0.2) is 0 Å². The lowest BCUT2D eigenvalue weighted by atomic mass is 10.1. The first-order valence-corrected chi connectivity index (χ1v) is 7.30. The number of nitrogens with two attached hydrogens (primary N) is 1. The second-order valence-corrected chi connectivity index (χ2v) is 5.66. The van der Waals surface area contributed by atoms with E-state index >= 15 is 0 Å². The Hall–Kier alpha value is -2.41. The fourth-order valence-electron chi connectivity index (χ4n) is 2.12. The van der Waals surface area contributed by atoms with Gasteiger partial charge in [-0.1, -0.05) is 23.4 Å². The van der Waals surface area contributed by atoms with Gasteiger partial charge in [0.05, 0.1) is 5.69 Å². The largest absolute Gasteiger partial charge is 0.397 e. The van der Waals surface area contributed by atoms with Gasteiger partial charge in [0.2, 0.25) is 5.89 Å². The summed E-state index contributed by atoms with van der Waals surface area (Å²) < 4.78 is 5.93. The maximum Gasteiger partial charge on any atom is 0.263 e. The molecule has 1 aromatic carbocycles. The van der Waals surface area contributed by atoms with Crippen LogP contribution < -0.4 is 11.1 Å². The Morgan fingerprint density at radius 2 is 2.33 bits per heavy atom. The molecule has 0 saturated heterocycles. The van der Waals surface area contributed by atoms with Crippen LogP contribution in [0.5, 0.6) is 0 Å². The maximum absolute atomic E-state index is 12.2. The van der Waals surface area contributed by atoms with E-state index in [1.54, 1.807) is 0 Å². The Morgan fingerprint density at radius 1 is 1.48 bits per heavy atom. The number of nitrogens with zero attached hydrogens (tertiary/aromatic N) is 2. The summed E-state index contributed by atoms with van der Waals surface area (Å²) in [7, 11) is 0. The number of amides is 1. The maximum atomic E-state index is 12.2. The van der Waals surface area contributed by atoms with Crippen molar-refractivity contribution >= 4 is 33.0 Å². The van der Waals surface area contributed by atoms with E-state index in [1.807, 2.05) is 25.1 Å². The zero-order valence-electron chi connectivity index (χ0n) is 11.4. The van der Waals surface area contributed by atoms with Gasteiger partial charge in [-0.3, -0.25) is 4.79 Å². The summed E-state index contributed by atoms with van der Waals surface area (Å²) >= 11 is 1.42. The number of aromatic nitrogens is 2. The highest BCUT2D eigenvalue weighted by atomic mass is 32.1. The standard InChI is InChI=1S/C14H14N4O2S/c1-8-3-2-4-9-11(15)13(21-12(8)9)14(19)16-6-5-10-17-7-18-20-10/h2-4,7H,5-6,15H2,1H3,(H,16,19). The van der Waals surface area contributed by atoms with Gasteiger partial charge in [0.15, 0.2) is 6.33 Å². The number of benzene rings is 1. The van der Waals surface area contributed by atoms with E-state index < -0.39 is 0 Å². The predicted octanol–water partition coefficient (Wildman–Crippen LogP) is 2.15. The number of fused-ring (bicyclic) bond motifs is 1. The zero-order chi connectivity index (χ0) is 14.8. The molecule has 0 radical (unpaired) electrons. The number of hydrogen-bond donors (Lipinski definition) is 2. The molecule has 0 aliphatic heterocycles. The van der Waals surface area contributed by atoms with E-state index in [0.29, 0.717) is 29.4 Å². The van der Waals surface area contributed by atoms with Crippen LogP contribution in [-0.4, -0.2) is 22.6 Å². The van der Waals surface area contributed by atoms with Crippen molar-refractivity contribution in [2.75, 3.05) is 12.3 Å². The fourth-order valence-corrected chi connectivity index (χ4v) is 3.22. The average molecular weight is 302 g/mol. The molecule has 21 heavy (non-hydrogen) atoms. The van der Waals surface area contributed by atoms with Gasteiger partial charge in [-0.2, -0.15) is 4.98 Å². The van der Waals surface area contributed by atoms with Crippen LogP contribution in [0.3, 0.4) is 0 Å². The van der Waals surface area contributed by atoms with Crippen molar-refractivity contribution in [3.8, 4) is 0 Å². The van der Waals surface area contributed by atoms with E-state index in [-0.39, 0.29) is 5.91 Å². The molecular formula is C14H14N4O2S. The lowest BCUT2D eigenvalue weighted by molar-refractivity contribution is 0.0958. The third-order valence-electron chi connectivity index (χ3n) is 3.19. The Bertz CT molecular complexity index is 780. The summed E-state index contributed by atoms with van der Waals surface area (Å²) in [4.78, 5) is 16.7. The van der Waals surface area contributed by atoms with Crippen molar-refractivity contribution < 1.29 is 9.32 Å². The van der Waals surface area contributed by atoms with Gasteiger partial charge < -0.3 is 15.6 Å². The monoisotopic (exact) mass is 302 g/mol. The van der Waals surface area contributed by atoms with E-state index in [2.05, 4.69) is 15.5 Å². The van der Waals surface area contributed by atoms with Crippen LogP contribution >= 0.6 is 11.3 Å². The first-order valence-electron chi connectivity index (χ1n) is 6.48. The summed E-state index contributed by atoms with van der Waals surface area (Å²) in [5, 5.41) is 7.27. The highest BCUT2D eigenvalue weighted by molar-refractivity contribution is 7.21. The Morgan fingerprint density at radius 3 is 3.05 bits per heavy atom. The molecule has 3 aromatic rings. The first kappa shape index (κ1) is 13.6. The minimum atomic E-state index is -0.174. The van der Waals surface area contributed by atoms with Crippen molar-refractivity contribution in [3.05, 3.63) is 40.9 Å². The van der Waals surface area contributed by atoms with Crippen LogP contribution in [0, 0.1) is 6.92 Å². The Labute approximate surface area is 125 Å². The van der Waals surface area contributed by atoms with Crippen molar-refractivity contribution in [3.63, 3.8) is 0 Å². The molecule has 0 bridgehead atoms. The minimum Gasteiger partial charge on any atom is -0.397 e. The molecule has 0 spiro atoms. The number of thiophene rings is 1. The second kappa shape index (κ2) is 5.53. The van der Waals surface area contributed by atoms with Crippen LogP contribution in [0.1, 0.15) is 21.1 Å². The molecule has 3 N–H and O–H groups in total. The highest BCUT2D eigenvalue weighted by Crippen LogP contribution is 2.35. The molecule has 108 valence electrons. The second-order valence-electron chi connectivity index (χ2n) is 4.64. The molecule has 7 heteroatoms. The van der Waals surface area contributed by atoms with Crippen molar-refractivity contribution in [1.82, 2.24) is 15.5 Å². The van der Waals surface area contributed by atoms with Crippen molar-refractivity contribution in [1.29, 1.82) is 0 Å². The molecule has 6 nitrogen and oxygen atoms in total. The smallest absolute Gasteiger partial charge is 0.263 e. The molecular weight excluding hydrogens is 288 g/mol. The van der Waals surface area contributed by atoms with Crippen LogP contribution in [0.4, 0.5) is 5.69 Å². The molecule has 2 aromatic heterocycles. The normalized spacial score (nSPS) is 10.9. The summed E-state index contributed by atoms with van der Waals surface area (Å²) in [5.74, 6) is 0.322. The van der Waals surface area contributed by atoms with Gasteiger partial charge >= 0.3 is 0 Å². The lowest BCUT2D eigenvalue weighted by Crippen LogP contribution is -2.25. The summed E-state index contributed by atoms with van der Waals surface area (Å²) in [5.41, 5.74) is 7.74. The average Bonchev–Trinajstić information content (AvgIpc) is 3.08. The number of carbonyl (C=O) groups is 1. The number of hydrogen-bond acceptors (Lipinski definition) is 6. The lowest BCUT2D eigenvalue weighted by Gasteiger charge is -2.02. The van der Waals surface area contributed by atoms with Gasteiger partial charge in [0.1, 0.15) is 4.88 Å². The molecule has 0 unspecified atom stereocenters. The predicted molar refractivity (Wildman–Crippen MR) is 81.3 cm³/mol. The number of aryl methyl sites for hydroxylation is 1.